The van der Waals surface area contributed by atoms with Crippen molar-refractivity contribution in [2.24, 2.45) is 5.73 Å². The summed E-state index contributed by atoms with van der Waals surface area (Å²) in [7, 11) is 0. The first-order chi connectivity index (χ1) is 8.36. The zero-order valence-electron chi connectivity index (χ0n) is 9.97. The predicted octanol–water partition coefficient (Wildman–Crippen LogP) is 3.17. The first kappa shape index (κ1) is 14.3. The lowest BCUT2D eigenvalue weighted by Gasteiger charge is -2.15. The topological polar surface area (TPSA) is 59.1 Å². The van der Waals surface area contributed by atoms with Crippen LogP contribution in [0.1, 0.15) is 30.9 Å². The van der Waals surface area contributed by atoms with Crippen LogP contribution in [0.5, 0.6) is 5.75 Å². The molecular weight excluding hydrogens is 245 g/mol. The highest BCUT2D eigenvalue weighted by Crippen LogP contribution is 2.36. The fourth-order valence-electron chi connectivity index (χ4n) is 1.37. The maximum atomic E-state index is 12.8. The highest BCUT2D eigenvalue weighted by molar-refractivity contribution is 5.95. The molecule has 0 unspecified atom stereocenters. The molecule has 0 aliphatic rings. The zero-order chi connectivity index (χ0) is 13.8. The molecular formula is C12H15F3N2O. The molecule has 3 nitrogen and oxygen atoms in total. The first-order valence-electron chi connectivity index (χ1n) is 5.54. The Morgan fingerprint density at radius 2 is 2.06 bits per heavy atom. The predicted molar refractivity (Wildman–Crippen MR) is 62.9 cm³/mol. The van der Waals surface area contributed by atoms with Gasteiger partial charge in [-0.2, -0.15) is 13.2 Å². The molecule has 100 valence electrons. The third-order valence-corrected chi connectivity index (χ3v) is 2.35. The number of hydrogen-bond acceptors (Lipinski definition) is 2. The van der Waals surface area contributed by atoms with Crippen LogP contribution >= 0.6 is 0 Å². The number of benzene rings is 1. The number of hydrogen-bond donors (Lipinski definition) is 2. The zero-order valence-corrected chi connectivity index (χ0v) is 9.97. The van der Waals surface area contributed by atoms with Gasteiger partial charge in [0.15, 0.2) is 0 Å². The SMILES string of the molecule is CCCCOc1ccc(C(=N)N)cc1C(F)(F)F. The largest absolute Gasteiger partial charge is 0.493 e. The van der Waals surface area contributed by atoms with Gasteiger partial charge in [-0.25, -0.2) is 0 Å². The lowest BCUT2D eigenvalue weighted by Crippen LogP contribution is -2.15. The van der Waals surface area contributed by atoms with Gasteiger partial charge in [0.2, 0.25) is 0 Å². The van der Waals surface area contributed by atoms with Gasteiger partial charge in [0.1, 0.15) is 11.6 Å². The van der Waals surface area contributed by atoms with E-state index in [1.54, 1.807) is 0 Å². The van der Waals surface area contributed by atoms with Crippen molar-refractivity contribution >= 4 is 5.84 Å². The lowest BCUT2D eigenvalue weighted by atomic mass is 10.1. The quantitative estimate of drug-likeness (QED) is 0.485. The third kappa shape index (κ3) is 3.65. The van der Waals surface area contributed by atoms with Crippen LogP contribution in [0.3, 0.4) is 0 Å². The number of nitrogens with two attached hydrogens (primary N) is 1. The first-order valence-corrected chi connectivity index (χ1v) is 5.54. The summed E-state index contributed by atoms with van der Waals surface area (Å²) in [6.07, 6.45) is -2.99. The molecule has 0 radical (unpaired) electrons. The van der Waals surface area contributed by atoms with Crippen molar-refractivity contribution in [1.29, 1.82) is 5.41 Å². The lowest BCUT2D eigenvalue weighted by molar-refractivity contribution is -0.139. The number of nitrogen functional groups attached to an aromatic ring is 1. The van der Waals surface area contributed by atoms with Crippen LogP contribution in [0, 0.1) is 5.41 Å². The molecule has 0 amide bonds. The molecule has 18 heavy (non-hydrogen) atoms. The van der Waals surface area contributed by atoms with E-state index >= 15 is 0 Å². The van der Waals surface area contributed by atoms with Crippen LogP contribution in [-0.2, 0) is 6.18 Å². The molecule has 6 heteroatoms. The number of amidine groups is 1. The molecule has 0 spiro atoms. The van der Waals surface area contributed by atoms with Gasteiger partial charge in [-0.15, -0.1) is 0 Å². The summed E-state index contributed by atoms with van der Waals surface area (Å²) in [4.78, 5) is 0. The van der Waals surface area contributed by atoms with E-state index in [4.69, 9.17) is 15.9 Å². The summed E-state index contributed by atoms with van der Waals surface area (Å²) < 4.78 is 43.5. The van der Waals surface area contributed by atoms with E-state index in [9.17, 15) is 13.2 Å². The maximum Gasteiger partial charge on any atom is 0.419 e. The van der Waals surface area contributed by atoms with E-state index < -0.39 is 17.6 Å². The minimum Gasteiger partial charge on any atom is -0.493 e. The molecule has 0 aromatic heterocycles. The Morgan fingerprint density at radius 3 is 2.56 bits per heavy atom. The van der Waals surface area contributed by atoms with Crippen LogP contribution in [0.25, 0.3) is 0 Å². The van der Waals surface area contributed by atoms with Gasteiger partial charge in [0.25, 0.3) is 0 Å². The summed E-state index contributed by atoms with van der Waals surface area (Å²) in [5.74, 6) is -0.624. The fraction of sp³-hybridized carbons (Fsp3) is 0.417. The van der Waals surface area contributed by atoms with Crippen LogP contribution in [0.15, 0.2) is 18.2 Å². The molecule has 0 fully saturated rings. The maximum absolute atomic E-state index is 12.8. The molecule has 1 aromatic carbocycles. The average molecular weight is 260 g/mol. The highest BCUT2D eigenvalue weighted by atomic mass is 19.4. The van der Waals surface area contributed by atoms with E-state index in [1.165, 1.54) is 12.1 Å². The Hall–Kier alpha value is -1.72. The van der Waals surface area contributed by atoms with Gasteiger partial charge in [-0.1, -0.05) is 13.3 Å². The van der Waals surface area contributed by atoms with E-state index in [2.05, 4.69) is 0 Å². The van der Waals surface area contributed by atoms with Crippen LogP contribution < -0.4 is 10.5 Å². The number of unbranched alkanes of at least 4 members (excludes halogenated alkanes) is 1. The smallest absolute Gasteiger partial charge is 0.419 e. The second-order valence-corrected chi connectivity index (χ2v) is 3.82. The van der Waals surface area contributed by atoms with Crippen molar-refractivity contribution in [2.45, 2.75) is 25.9 Å². The standard InChI is InChI=1S/C12H15F3N2O/c1-2-3-6-18-10-5-4-8(11(16)17)7-9(10)12(13,14)15/h4-5,7H,2-3,6H2,1H3,(H3,16,17). The highest BCUT2D eigenvalue weighted by Gasteiger charge is 2.34. The number of alkyl halides is 3. The van der Waals surface area contributed by atoms with Gasteiger partial charge in [0, 0.05) is 5.56 Å². The van der Waals surface area contributed by atoms with Crippen LogP contribution in [0.4, 0.5) is 13.2 Å². The van der Waals surface area contributed by atoms with Crippen molar-refractivity contribution in [2.75, 3.05) is 6.61 Å². The normalized spacial score (nSPS) is 11.3. The minimum atomic E-state index is -4.52. The Labute approximate surface area is 103 Å². The molecule has 0 aliphatic heterocycles. The minimum absolute atomic E-state index is 0.0326. The fourth-order valence-corrected chi connectivity index (χ4v) is 1.37. The number of rotatable bonds is 5. The Balaban J connectivity index is 3.05. The summed E-state index contributed by atoms with van der Waals surface area (Å²) in [6, 6.07) is 3.39. The van der Waals surface area contributed by atoms with Gasteiger partial charge < -0.3 is 10.5 Å². The molecule has 0 bridgehead atoms. The van der Waals surface area contributed by atoms with Crippen molar-refractivity contribution in [3.8, 4) is 5.75 Å². The molecule has 0 heterocycles. The van der Waals surface area contributed by atoms with E-state index in [1.807, 2.05) is 6.92 Å². The molecule has 1 rings (SSSR count). The van der Waals surface area contributed by atoms with Gasteiger partial charge in [0.05, 0.1) is 12.2 Å². The summed E-state index contributed by atoms with van der Waals surface area (Å²) in [5.41, 5.74) is 4.31. The average Bonchev–Trinajstić information content (AvgIpc) is 2.28. The number of nitrogens with one attached hydrogen (secondary N) is 1. The summed E-state index contributed by atoms with van der Waals surface area (Å²) in [5, 5.41) is 7.14. The molecule has 0 saturated heterocycles. The van der Waals surface area contributed by atoms with Gasteiger partial charge >= 0.3 is 6.18 Å². The number of halogens is 3. The van der Waals surface area contributed by atoms with E-state index in [-0.39, 0.29) is 17.9 Å². The van der Waals surface area contributed by atoms with Gasteiger partial charge in [-0.05, 0) is 24.6 Å². The number of ether oxygens (including phenoxy) is 1. The monoisotopic (exact) mass is 260 g/mol. The summed E-state index contributed by atoms with van der Waals surface area (Å²) >= 11 is 0. The molecule has 1 aromatic rings. The second-order valence-electron chi connectivity index (χ2n) is 3.82. The van der Waals surface area contributed by atoms with Crippen LogP contribution in [-0.4, -0.2) is 12.4 Å². The molecule has 0 saturated carbocycles. The third-order valence-electron chi connectivity index (χ3n) is 2.35. The van der Waals surface area contributed by atoms with Crippen molar-refractivity contribution in [1.82, 2.24) is 0 Å². The van der Waals surface area contributed by atoms with Crippen molar-refractivity contribution in [3.05, 3.63) is 29.3 Å². The second kappa shape index (κ2) is 5.75. The van der Waals surface area contributed by atoms with Crippen LogP contribution in [0.2, 0.25) is 0 Å². The molecule has 3 N–H and O–H groups in total. The molecule has 0 atom stereocenters. The van der Waals surface area contributed by atoms with Crippen molar-refractivity contribution in [3.63, 3.8) is 0 Å². The molecule has 0 aliphatic carbocycles. The van der Waals surface area contributed by atoms with E-state index in [0.29, 0.717) is 6.42 Å². The Kier molecular flexibility index (Phi) is 4.58. The van der Waals surface area contributed by atoms with Gasteiger partial charge in [-0.3, -0.25) is 5.41 Å². The van der Waals surface area contributed by atoms with Crippen molar-refractivity contribution < 1.29 is 17.9 Å². The Morgan fingerprint density at radius 1 is 1.39 bits per heavy atom. The summed E-state index contributed by atoms with van der Waals surface area (Å²) in [6.45, 7) is 2.16. The Bertz CT molecular complexity index is 430. The van der Waals surface area contributed by atoms with E-state index in [0.717, 1.165) is 12.5 Å².